The summed E-state index contributed by atoms with van der Waals surface area (Å²) in [5, 5.41) is 12.1. The number of benzene rings is 2. The third-order valence-electron chi connectivity index (χ3n) is 4.41. The number of hydrazone groups is 1. The molecule has 1 aliphatic heterocycles. The zero-order valence-corrected chi connectivity index (χ0v) is 15.7. The van der Waals surface area contributed by atoms with Crippen molar-refractivity contribution in [3.05, 3.63) is 65.2 Å². The van der Waals surface area contributed by atoms with Gasteiger partial charge in [0.15, 0.2) is 0 Å². The summed E-state index contributed by atoms with van der Waals surface area (Å²) in [6.45, 7) is 5.78. The van der Waals surface area contributed by atoms with Crippen LogP contribution in [0.4, 0.5) is 5.69 Å². The second-order valence-corrected chi connectivity index (χ2v) is 6.49. The number of nitrogens with zero attached hydrogens (tertiary/aromatic N) is 2. The second-order valence-electron chi connectivity index (χ2n) is 6.49. The summed E-state index contributed by atoms with van der Waals surface area (Å²) >= 11 is 0. The SMILES string of the molecule is CCNC(=O)c1ccc(CNC(=O)c2ccc(N3CCC(C)=N3)cc2)cc1. The smallest absolute Gasteiger partial charge is 0.251 e. The van der Waals surface area contributed by atoms with E-state index in [1.165, 1.54) is 0 Å². The van der Waals surface area contributed by atoms with Crippen molar-refractivity contribution in [3.63, 3.8) is 0 Å². The van der Waals surface area contributed by atoms with Crippen LogP contribution >= 0.6 is 0 Å². The number of rotatable bonds is 6. The Balaban J connectivity index is 1.55. The first kappa shape index (κ1) is 18.6. The summed E-state index contributed by atoms with van der Waals surface area (Å²) in [5.41, 5.74) is 4.27. The predicted octanol–water partition coefficient (Wildman–Crippen LogP) is 2.95. The predicted molar refractivity (Wildman–Crippen MR) is 107 cm³/mol. The molecular formula is C21H24N4O2. The third kappa shape index (κ3) is 4.73. The molecule has 0 saturated carbocycles. The third-order valence-corrected chi connectivity index (χ3v) is 4.41. The van der Waals surface area contributed by atoms with Crippen LogP contribution in [0.1, 0.15) is 46.5 Å². The first-order valence-corrected chi connectivity index (χ1v) is 9.14. The van der Waals surface area contributed by atoms with Crippen molar-refractivity contribution < 1.29 is 9.59 Å². The number of amides is 2. The lowest BCUT2D eigenvalue weighted by atomic mass is 10.1. The van der Waals surface area contributed by atoms with Crippen molar-refractivity contribution in [1.29, 1.82) is 0 Å². The second kappa shape index (κ2) is 8.49. The van der Waals surface area contributed by atoms with Crippen LogP contribution in [0.5, 0.6) is 0 Å². The molecule has 0 unspecified atom stereocenters. The van der Waals surface area contributed by atoms with Crippen LogP contribution < -0.4 is 15.6 Å². The van der Waals surface area contributed by atoms with Gasteiger partial charge in [0.25, 0.3) is 11.8 Å². The standard InChI is InChI=1S/C21H24N4O2/c1-3-22-20(26)17-6-4-16(5-7-17)14-23-21(27)18-8-10-19(11-9-18)25-13-12-15(2)24-25/h4-11H,3,12-14H2,1-2H3,(H,22,26)(H,23,27). The Labute approximate surface area is 159 Å². The molecule has 0 aromatic heterocycles. The number of nitrogens with one attached hydrogen (secondary N) is 2. The molecule has 27 heavy (non-hydrogen) atoms. The summed E-state index contributed by atoms with van der Waals surface area (Å²) < 4.78 is 0. The minimum absolute atomic E-state index is 0.0919. The van der Waals surface area contributed by atoms with Crippen LogP contribution in [0, 0.1) is 0 Å². The Morgan fingerprint density at radius 2 is 1.56 bits per heavy atom. The van der Waals surface area contributed by atoms with E-state index < -0.39 is 0 Å². The van der Waals surface area contributed by atoms with E-state index in [-0.39, 0.29) is 11.8 Å². The zero-order chi connectivity index (χ0) is 19.2. The average molecular weight is 364 g/mol. The van der Waals surface area contributed by atoms with Crippen molar-refractivity contribution >= 4 is 23.2 Å². The van der Waals surface area contributed by atoms with Crippen LogP contribution in [-0.2, 0) is 6.54 Å². The highest BCUT2D eigenvalue weighted by Gasteiger charge is 2.13. The van der Waals surface area contributed by atoms with Gasteiger partial charge in [0.2, 0.25) is 0 Å². The molecule has 1 aliphatic rings. The van der Waals surface area contributed by atoms with Crippen LogP contribution in [0.25, 0.3) is 0 Å². The van der Waals surface area contributed by atoms with Gasteiger partial charge in [-0.25, -0.2) is 0 Å². The van der Waals surface area contributed by atoms with E-state index in [9.17, 15) is 9.59 Å². The number of anilines is 1. The van der Waals surface area contributed by atoms with Crippen LogP contribution in [0.2, 0.25) is 0 Å². The average Bonchev–Trinajstić information content (AvgIpc) is 3.13. The van der Waals surface area contributed by atoms with Gasteiger partial charge in [-0.3, -0.25) is 14.6 Å². The molecule has 2 N–H and O–H groups in total. The van der Waals surface area contributed by atoms with Crippen molar-refractivity contribution in [3.8, 4) is 0 Å². The van der Waals surface area contributed by atoms with Gasteiger partial charge in [-0.1, -0.05) is 12.1 Å². The largest absolute Gasteiger partial charge is 0.352 e. The lowest BCUT2D eigenvalue weighted by molar-refractivity contribution is 0.0943. The molecule has 0 atom stereocenters. The van der Waals surface area contributed by atoms with Gasteiger partial charge in [-0.2, -0.15) is 5.10 Å². The number of carbonyl (C=O) groups excluding carboxylic acids is 2. The van der Waals surface area contributed by atoms with E-state index in [4.69, 9.17) is 0 Å². The molecule has 6 heteroatoms. The maximum atomic E-state index is 12.3. The highest BCUT2D eigenvalue weighted by atomic mass is 16.2. The van der Waals surface area contributed by atoms with Gasteiger partial charge < -0.3 is 10.6 Å². The summed E-state index contributed by atoms with van der Waals surface area (Å²) in [7, 11) is 0. The lowest BCUT2D eigenvalue weighted by Crippen LogP contribution is -2.24. The molecule has 0 bridgehead atoms. The Morgan fingerprint density at radius 3 is 2.11 bits per heavy atom. The number of hydrogen-bond donors (Lipinski definition) is 2. The molecule has 2 aromatic rings. The molecule has 1 heterocycles. The zero-order valence-electron chi connectivity index (χ0n) is 15.7. The Kier molecular flexibility index (Phi) is 5.86. The van der Waals surface area contributed by atoms with Gasteiger partial charge in [0.1, 0.15) is 0 Å². The van der Waals surface area contributed by atoms with Gasteiger partial charge in [0.05, 0.1) is 5.69 Å². The summed E-state index contributed by atoms with van der Waals surface area (Å²) in [6.07, 6.45) is 0.973. The monoisotopic (exact) mass is 364 g/mol. The normalized spacial score (nSPS) is 13.3. The molecule has 2 amide bonds. The van der Waals surface area contributed by atoms with Gasteiger partial charge in [-0.05, 0) is 55.8 Å². The van der Waals surface area contributed by atoms with Crippen molar-refractivity contribution in [2.45, 2.75) is 26.8 Å². The van der Waals surface area contributed by atoms with Crippen LogP contribution in [0.3, 0.4) is 0 Å². The fourth-order valence-corrected chi connectivity index (χ4v) is 2.87. The van der Waals surface area contributed by atoms with Gasteiger partial charge in [0, 0.05) is 42.9 Å². The molecular weight excluding hydrogens is 340 g/mol. The topological polar surface area (TPSA) is 73.8 Å². The van der Waals surface area contributed by atoms with Crippen molar-refractivity contribution in [2.75, 3.05) is 18.1 Å². The molecule has 0 spiro atoms. The van der Waals surface area contributed by atoms with Gasteiger partial charge >= 0.3 is 0 Å². The molecule has 0 saturated heterocycles. The maximum absolute atomic E-state index is 12.3. The summed E-state index contributed by atoms with van der Waals surface area (Å²) in [5.74, 6) is -0.221. The van der Waals surface area contributed by atoms with E-state index in [2.05, 4.69) is 15.7 Å². The molecule has 0 fully saturated rings. The quantitative estimate of drug-likeness (QED) is 0.828. The van der Waals surface area contributed by atoms with Crippen molar-refractivity contribution in [1.82, 2.24) is 10.6 Å². The Hall–Kier alpha value is -3.15. The van der Waals surface area contributed by atoms with E-state index >= 15 is 0 Å². The minimum Gasteiger partial charge on any atom is -0.352 e. The summed E-state index contributed by atoms with van der Waals surface area (Å²) in [6, 6.07) is 14.7. The molecule has 140 valence electrons. The van der Waals surface area contributed by atoms with E-state index in [0.717, 1.165) is 29.9 Å². The van der Waals surface area contributed by atoms with Crippen LogP contribution in [-0.4, -0.2) is 30.6 Å². The Morgan fingerprint density at radius 1 is 0.963 bits per heavy atom. The number of hydrogen-bond acceptors (Lipinski definition) is 4. The highest BCUT2D eigenvalue weighted by molar-refractivity contribution is 5.95. The summed E-state index contributed by atoms with van der Waals surface area (Å²) in [4.78, 5) is 24.1. The van der Waals surface area contributed by atoms with Crippen molar-refractivity contribution in [2.24, 2.45) is 5.10 Å². The van der Waals surface area contributed by atoms with E-state index in [1.54, 1.807) is 12.1 Å². The number of carbonyl (C=O) groups is 2. The molecule has 0 radical (unpaired) electrons. The van der Waals surface area contributed by atoms with Gasteiger partial charge in [-0.15, -0.1) is 0 Å². The first-order chi connectivity index (χ1) is 13.1. The maximum Gasteiger partial charge on any atom is 0.251 e. The van der Waals surface area contributed by atoms with E-state index in [0.29, 0.717) is 24.2 Å². The fourth-order valence-electron chi connectivity index (χ4n) is 2.87. The molecule has 0 aliphatic carbocycles. The Bertz CT molecular complexity index is 841. The lowest BCUT2D eigenvalue weighted by Gasteiger charge is -2.14. The first-order valence-electron chi connectivity index (χ1n) is 9.14. The molecule has 2 aromatic carbocycles. The van der Waals surface area contributed by atoms with Crippen LogP contribution in [0.15, 0.2) is 53.6 Å². The fraction of sp³-hybridized carbons (Fsp3) is 0.286. The highest BCUT2D eigenvalue weighted by Crippen LogP contribution is 2.19. The minimum atomic E-state index is -0.129. The molecule has 6 nitrogen and oxygen atoms in total. The molecule has 3 rings (SSSR count). The van der Waals surface area contributed by atoms with E-state index in [1.807, 2.05) is 55.3 Å².